The predicted molar refractivity (Wildman–Crippen MR) is 83.5 cm³/mol. The first-order chi connectivity index (χ1) is 9.99. The summed E-state index contributed by atoms with van der Waals surface area (Å²) >= 11 is 1.62. The first-order valence-electron chi connectivity index (χ1n) is 7.42. The third-order valence-electron chi connectivity index (χ3n) is 3.63. The molecule has 1 aromatic heterocycles. The Morgan fingerprint density at radius 3 is 2.67 bits per heavy atom. The Labute approximate surface area is 130 Å². The molecule has 1 aromatic rings. The van der Waals surface area contributed by atoms with Crippen molar-refractivity contribution in [2.75, 3.05) is 5.75 Å². The Balaban J connectivity index is 1.67. The first kappa shape index (κ1) is 16.2. The number of nitrogens with zero attached hydrogens (tertiary/aromatic N) is 2. The fourth-order valence-electron chi connectivity index (χ4n) is 2.12. The zero-order valence-electron chi connectivity index (χ0n) is 12.6. The number of nitrogens with one attached hydrogen (secondary N) is 1. The quantitative estimate of drug-likeness (QED) is 0.415. The highest BCUT2D eigenvalue weighted by Gasteiger charge is 2.37. The summed E-state index contributed by atoms with van der Waals surface area (Å²) in [6, 6.07) is 0.404. The Kier molecular flexibility index (Phi) is 5.58. The summed E-state index contributed by atoms with van der Waals surface area (Å²) in [5, 5.41) is 13.4. The van der Waals surface area contributed by atoms with Gasteiger partial charge in [0.1, 0.15) is 5.54 Å². The molecule has 1 atom stereocenters. The molecule has 0 aromatic carbocycles. The third kappa shape index (κ3) is 5.28. The van der Waals surface area contributed by atoms with Crippen LogP contribution in [0.15, 0.2) is 17.6 Å². The molecule has 5 nitrogen and oxygen atoms in total. The van der Waals surface area contributed by atoms with Crippen molar-refractivity contribution in [3.63, 3.8) is 0 Å². The zero-order valence-corrected chi connectivity index (χ0v) is 13.4. The van der Waals surface area contributed by atoms with E-state index < -0.39 is 11.5 Å². The van der Waals surface area contributed by atoms with E-state index in [-0.39, 0.29) is 0 Å². The second-order valence-corrected chi connectivity index (χ2v) is 6.97. The van der Waals surface area contributed by atoms with Gasteiger partial charge in [-0.1, -0.05) is 18.2 Å². The van der Waals surface area contributed by atoms with Gasteiger partial charge in [-0.3, -0.25) is 10.1 Å². The maximum absolute atomic E-state index is 11.4. The number of aryl methyl sites for hydroxylation is 1. The van der Waals surface area contributed by atoms with E-state index in [1.807, 2.05) is 19.3 Å². The highest BCUT2D eigenvalue weighted by Crippen LogP contribution is 2.26. The van der Waals surface area contributed by atoms with Gasteiger partial charge in [0.15, 0.2) is 5.16 Å². The Morgan fingerprint density at radius 2 is 2.10 bits per heavy atom. The molecule has 0 saturated heterocycles. The molecule has 116 valence electrons. The summed E-state index contributed by atoms with van der Waals surface area (Å²) in [5.41, 5.74) is 0.273. The largest absolute Gasteiger partial charge is 0.480 e. The molecule has 1 unspecified atom stereocenters. The van der Waals surface area contributed by atoms with Crippen LogP contribution in [0.2, 0.25) is 0 Å². The highest BCUT2D eigenvalue weighted by atomic mass is 32.2. The van der Waals surface area contributed by atoms with E-state index in [0.717, 1.165) is 42.2 Å². The van der Waals surface area contributed by atoms with Crippen molar-refractivity contribution < 1.29 is 9.90 Å². The summed E-state index contributed by atoms with van der Waals surface area (Å²) in [5.74, 6) is 0.172. The topological polar surface area (TPSA) is 75.1 Å². The van der Waals surface area contributed by atoms with Crippen LogP contribution in [0.3, 0.4) is 0 Å². The van der Waals surface area contributed by atoms with Crippen LogP contribution in [-0.2, 0) is 4.79 Å². The molecule has 2 rings (SSSR count). The number of aromatic nitrogens is 2. The summed E-state index contributed by atoms with van der Waals surface area (Å²) in [7, 11) is 0. The fraction of sp³-hybridized carbons (Fsp3) is 0.667. The molecule has 1 saturated carbocycles. The average Bonchev–Trinajstić information content (AvgIpc) is 3.24. The van der Waals surface area contributed by atoms with E-state index in [2.05, 4.69) is 15.3 Å². The third-order valence-corrected chi connectivity index (χ3v) is 4.59. The minimum Gasteiger partial charge on any atom is -0.480 e. The lowest BCUT2D eigenvalue weighted by Gasteiger charge is -2.26. The maximum Gasteiger partial charge on any atom is 0.323 e. The smallest absolute Gasteiger partial charge is 0.323 e. The molecule has 21 heavy (non-hydrogen) atoms. The Hall–Kier alpha value is -1.14. The van der Waals surface area contributed by atoms with Gasteiger partial charge in [0, 0.05) is 24.2 Å². The molecular formula is C15H23N3O2S. The number of carbonyl (C=O) groups is 1. The molecule has 0 amide bonds. The van der Waals surface area contributed by atoms with E-state index >= 15 is 0 Å². The minimum absolute atomic E-state index is 0.404. The standard InChI is InChI=1S/C15H23N3O2S/c1-11-9-16-14(17-10-11)21-8-4-3-7-15(2,13(19)20)18-12-5-6-12/h9-10,12,18H,3-8H2,1-2H3,(H,19,20). The van der Waals surface area contributed by atoms with Crippen LogP contribution >= 0.6 is 11.8 Å². The fourth-order valence-corrected chi connectivity index (χ4v) is 2.90. The van der Waals surface area contributed by atoms with Gasteiger partial charge < -0.3 is 5.11 Å². The summed E-state index contributed by atoms with van der Waals surface area (Å²) < 4.78 is 0. The summed E-state index contributed by atoms with van der Waals surface area (Å²) in [6.07, 6.45) is 8.35. The summed E-state index contributed by atoms with van der Waals surface area (Å²) in [6.45, 7) is 3.76. The molecule has 0 bridgehead atoms. The molecule has 1 aliphatic rings. The monoisotopic (exact) mass is 309 g/mol. The van der Waals surface area contributed by atoms with E-state index in [4.69, 9.17) is 0 Å². The van der Waals surface area contributed by atoms with Crippen LogP contribution in [0, 0.1) is 6.92 Å². The second-order valence-electron chi connectivity index (χ2n) is 5.90. The van der Waals surface area contributed by atoms with Gasteiger partial charge in [0.2, 0.25) is 0 Å². The minimum atomic E-state index is -0.786. The average molecular weight is 309 g/mol. The molecule has 1 heterocycles. The molecular weight excluding hydrogens is 286 g/mol. The van der Waals surface area contributed by atoms with Crippen LogP contribution in [-0.4, -0.2) is 38.4 Å². The highest BCUT2D eigenvalue weighted by molar-refractivity contribution is 7.99. The summed E-state index contributed by atoms with van der Waals surface area (Å²) in [4.78, 5) is 19.9. The Bertz CT molecular complexity index is 476. The number of thioether (sulfide) groups is 1. The molecule has 0 aliphatic heterocycles. The molecule has 0 radical (unpaired) electrons. The van der Waals surface area contributed by atoms with Gasteiger partial charge in [-0.25, -0.2) is 9.97 Å². The van der Waals surface area contributed by atoms with Crippen LogP contribution in [0.4, 0.5) is 0 Å². The van der Waals surface area contributed by atoms with E-state index in [9.17, 15) is 9.90 Å². The van der Waals surface area contributed by atoms with Crippen LogP contribution in [0.5, 0.6) is 0 Å². The number of rotatable bonds is 9. The number of carboxylic acids is 1. The molecule has 2 N–H and O–H groups in total. The van der Waals surface area contributed by atoms with Gasteiger partial charge in [0.25, 0.3) is 0 Å². The van der Waals surface area contributed by atoms with Crippen LogP contribution in [0.1, 0.15) is 44.6 Å². The number of carboxylic acid groups (broad SMARTS) is 1. The molecule has 6 heteroatoms. The lowest BCUT2D eigenvalue weighted by molar-refractivity contribution is -0.144. The SMILES string of the molecule is Cc1cnc(SCCCCC(C)(NC2CC2)C(=O)O)nc1. The van der Waals surface area contributed by atoms with Crippen molar-refractivity contribution in [1.82, 2.24) is 15.3 Å². The molecule has 1 fully saturated rings. The van der Waals surface area contributed by atoms with Gasteiger partial charge >= 0.3 is 5.97 Å². The second kappa shape index (κ2) is 7.22. The van der Waals surface area contributed by atoms with Crippen molar-refractivity contribution >= 4 is 17.7 Å². The van der Waals surface area contributed by atoms with Crippen molar-refractivity contribution in [2.45, 2.75) is 62.7 Å². The number of hydrogen-bond donors (Lipinski definition) is 2. The van der Waals surface area contributed by atoms with Crippen molar-refractivity contribution in [1.29, 1.82) is 0 Å². The Morgan fingerprint density at radius 1 is 1.43 bits per heavy atom. The molecule has 0 spiro atoms. The predicted octanol–water partition coefficient (Wildman–Crippen LogP) is 2.64. The zero-order chi connectivity index (χ0) is 15.3. The maximum atomic E-state index is 11.4. The lowest BCUT2D eigenvalue weighted by atomic mass is 9.95. The number of aliphatic carboxylic acids is 1. The van der Waals surface area contributed by atoms with Crippen molar-refractivity contribution in [3.8, 4) is 0 Å². The first-order valence-corrected chi connectivity index (χ1v) is 8.41. The lowest BCUT2D eigenvalue weighted by Crippen LogP contribution is -2.50. The van der Waals surface area contributed by atoms with Crippen molar-refractivity contribution in [3.05, 3.63) is 18.0 Å². The van der Waals surface area contributed by atoms with E-state index in [1.54, 1.807) is 18.7 Å². The van der Waals surface area contributed by atoms with Crippen molar-refractivity contribution in [2.24, 2.45) is 0 Å². The van der Waals surface area contributed by atoms with Crippen LogP contribution in [0.25, 0.3) is 0 Å². The van der Waals surface area contributed by atoms with E-state index in [0.29, 0.717) is 12.5 Å². The van der Waals surface area contributed by atoms with E-state index in [1.165, 1.54) is 0 Å². The van der Waals surface area contributed by atoms with Gasteiger partial charge in [0.05, 0.1) is 0 Å². The number of unbranched alkanes of at least 4 members (excludes halogenated alkanes) is 1. The van der Waals surface area contributed by atoms with Crippen LogP contribution < -0.4 is 5.32 Å². The van der Waals surface area contributed by atoms with Gasteiger partial charge in [-0.15, -0.1) is 0 Å². The normalized spacial score (nSPS) is 17.4. The van der Waals surface area contributed by atoms with Gasteiger partial charge in [-0.05, 0) is 45.1 Å². The van der Waals surface area contributed by atoms with Gasteiger partial charge in [-0.2, -0.15) is 0 Å². The number of hydrogen-bond acceptors (Lipinski definition) is 5. The molecule has 1 aliphatic carbocycles.